The van der Waals surface area contributed by atoms with E-state index in [1.807, 2.05) is 5.92 Å². The molecule has 0 spiro atoms. The molecule has 1 aromatic carbocycles. The first-order valence-electron chi connectivity index (χ1n) is 3.87. The Kier molecular flexibility index (Phi) is 3.00. The maximum atomic E-state index is 12.4. The minimum absolute atomic E-state index is 0.101. The van der Waals surface area contributed by atoms with Crippen LogP contribution in [-0.2, 0) is 11.0 Å². The van der Waals surface area contributed by atoms with Gasteiger partial charge in [0.25, 0.3) is 0 Å². The van der Waals surface area contributed by atoms with Crippen molar-refractivity contribution in [1.82, 2.24) is 0 Å². The number of nitrogen functional groups attached to an aromatic ring is 1. The summed E-state index contributed by atoms with van der Waals surface area (Å²) in [7, 11) is 0. The standard InChI is InChI=1S/C10H6F3NO/c11-10(12,13)8-6-7(2-1-5-15)3-4-9(8)14/h3-6H,14H2. The largest absolute Gasteiger partial charge is 0.418 e. The molecule has 1 rings (SSSR count). The Morgan fingerprint density at radius 3 is 2.53 bits per heavy atom. The molecule has 2 N–H and O–H groups in total. The van der Waals surface area contributed by atoms with Crippen molar-refractivity contribution in [2.45, 2.75) is 6.18 Å². The number of alkyl halides is 3. The molecule has 0 unspecified atom stereocenters. The molecule has 0 saturated carbocycles. The summed E-state index contributed by atoms with van der Waals surface area (Å²) in [6.07, 6.45) is -4.20. The summed E-state index contributed by atoms with van der Waals surface area (Å²) in [5.74, 6) is 4.28. The van der Waals surface area contributed by atoms with E-state index in [2.05, 4.69) is 5.92 Å². The minimum Gasteiger partial charge on any atom is -0.398 e. The van der Waals surface area contributed by atoms with Crippen LogP contribution < -0.4 is 5.73 Å². The van der Waals surface area contributed by atoms with Crippen LogP contribution in [0, 0.1) is 11.8 Å². The van der Waals surface area contributed by atoms with E-state index in [1.165, 1.54) is 6.07 Å². The number of hydrogen-bond acceptors (Lipinski definition) is 2. The van der Waals surface area contributed by atoms with Crippen LogP contribution in [0.25, 0.3) is 0 Å². The predicted octanol–water partition coefficient (Wildman–Crippen LogP) is 1.84. The minimum atomic E-state index is -4.51. The fraction of sp³-hybridized carbons (Fsp3) is 0.100. The molecular weight excluding hydrogens is 207 g/mol. The SMILES string of the molecule is Nc1ccc(C#CC=O)cc1C(F)(F)F. The van der Waals surface area contributed by atoms with Crippen LogP contribution >= 0.6 is 0 Å². The predicted molar refractivity (Wildman–Crippen MR) is 48.8 cm³/mol. The Bertz CT molecular complexity index is 440. The van der Waals surface area contributed by atoms with Gasteiger partial charge in [-0.3, -0.25) is 4.79 Å². The first-order valence-corrected chi connectivity index (χ1v) is 3.87. The number of halogens is 3. The first kappa shape index (κ1) is 11.1. The van der Waals surface area contributed by atoms with Crippen LogP contribution in [-0.4, -0.2) is 6.29 Å². The molecule has 0 aliphatic heterocycles. The molecule has 0 aromatic heterocycles. The van der Waals surface area contributed by atoms with Gasteiger partial charge in [0.2, 0.25) is 0 Å². The highest BCUT2D eigenvalue weighted by atomic mass is 19.4. The highest BCUT2D eigenvalue weighted by Crippen LogP contribution is 2.33. The maximum absolute atomic E-state index is 12.4. The van der Waals surface area contributed by atoms with Crippen LogP contribution in [0.15, 0.2) is 18.2 Å². The second kappa shape index (κ2) is 4.05. The third kappa shape index (κ3) is 2.74. The zero-order chi connectivity index (χ0) is 11.5. The lowest BCUT2D eigenvalue weighted by Crippen LogP contribution is -2.09. The van der Waals surface area contributed by atoms with Crippen molar-refractivity contribution in [3.63, 3.8) is 0 Å². The molecule has 1 aromatic rings. The van der Waals surface area contributed by atoms with Gasteiger partial charge in [0, 0.05) is 11.3 Å². The molecule has 0 amide bonds. The summed E-state index contributed by atoms with van der Waals surface area (Å²) >= 11 is 0. The lowest BCUT2D eigenvalue weighted by Gasteiger charge is -2.09. The molecule has 0 atom stereocenters. The molecule has 0 radical (unpaired) electrons. The summed E-state index contributed by atoms with van der Waals surface area (Å²) in [5.41, 5.74) is 3.96. The van der Waals surface area contributed by atoms with Gasteiger partial charge in [0.15, 0.2) is 6.29 Å². The van der Waals surface area contributed by atoms with E-state index in [0.29, 0.717) is 6.29 Å². The third-order valence-corrected chi connectivity index (χ3v) is 1.63. The van der Waals surface area contributed by atoms with Gasteiger partial charge in [-0.1, -0.05) is 5.92 Å². The lowest BCUT2D eigenvalue weighted by molar-refractivity contribution is -0.136. The average molecular weight is 213 g/mol. The molecule has 0 aliphatic rings. The Labute approximate surface area is 83.9 Å². The summed E-state index contributed by atoms with van der Waals surface area (Å²) in [6, 6.07) is 3.24. The number of anilines is 1. The fourth-order valence-corrected chi connectivity index (χ4v) is 0.992. The molecule has 0 aliphatic carbocycles. The Balaban J connectivity index is 3.23. The van der Waals surface area contributed by atoms with Crippen molar-refractivity contribution in [2.75, 3.05) is 5.73 Å². The highest BCUT2D eigenvalue weighted by molar-refractivity contribution is 5.74. The molecule has 0 bridgehead atoms. The number of aldehydes is 1. The number of carbonyl (C=O) groups is 1. The van der Waals surface area contributed by atoms with Crippen molar-refractivity contribution in [3.8, 4) is 11.8 Å². The van der Waals surface area contributed by atoms with Gasteiger partial charge < -0.3 is 5.73 Å². The van der Waals surface area contributed by atoms with Crippen molar-refractivity contribution in [1.29, 1.82) is 0 Å². The number of carbonyl (C=O) groups excluding carboxylic acids is 1. The van der Waals surface area contributed by atoms with E-state index in [1.54, 1.807) is 0 Å². The van der Waals surface area contributed by atoms with Crippen LogP contribution in [0.3, 0.4) is 0 Å². The Morgan fingerprint density at radius 2 is 2.00 bits per heavy atom. The van der Waals surface area contributed by atoms with Crippen LogP contribution in [0.1, 0.15) is 11.1 Å². The Hall–Kier alpha value is -1.96. The van der Waals surface area contributed by atoms with E-state index in [-0.39, 0.29) is 11.3 Å². The zero-order valence-electron chi connectivity index (χ0n) is 7.43. The molecule has 0 saturated heterocycles. The monoisotopic (exact) mass is 213 g/mol. The van der Waals surface area contributed by atoms with E-state index in [0.717, 1.165) is 12.1 Å². The van der Waals surface area contributed by atoms with E-state index in [9.17, 15) is 18.0 Å². The van der Waals surface area contributed by atoms with Crippen molar-refractivity contribution in [3.05, 3.63) is 29.3 Å². The van der Waals surface area contributed by atoms with Crippen molar-refractivity contribution in [2.24, 2.45) is 0 Å². The van der Waals surface area contributed by atoms with Crippen LogP contribution in [0.4, 0.5) is 18.9 Å². The fourth-order valence-electron chi connectivity index (χ4n) is 0.992. The van der Waals surface area contributed by atoms with E-state index in [4.69, 9.17) is 5.73 Å². The van der Waals surface area contributed by atoms with Crippen molar-refractivity contribution >= 4 is 12.0 Å². The van der Waals surface area contributed by atoms with Gasteiger partial charge in [0.1, 0.15) is 0 Å². The molecule has 78 valence electrons. The number of rotatable bonds is 0. The number of benzene rings is 1. The summed E-state index contributed by atoms with van der Waals surface area (Å²) < 4.78 is 37.1. The molecular formula is C10H6F3NO. The van der Waals surface area contributed by atoms with Gasteiger partial charge in [-0.25, -0.2) is 0 Å². The molecule has 15 heavy (non-hydrogen) atoms. The molecule has 2 nitrogen and oxygen atoms in total. The zero-order valence-corrected chi connectivity index (χ0v) is 7.43. The summed E-state index contributed by atoms with van der Waals surface area (Å²) in [5, 5.41) is 0. The quantitative estimate of drug-likeness (QED) is 0.406. The van der Waals surface area contributed by atoms with Gasteiger partial charge >= 0.3 is 6.18 Å². The maximum Gasteiger partial charge on any atom is 0.418 e. The topological polar surface area (TPSA) is 43.1 Å². The average Bonchev–Trinajstić information content (AvgIpc) is 2.15. The normalized spacial score (nSPS) is 10.3. The summed E-state index contributed by atoms with van der Waals surface area (Å²) in [4.78, 5) is 9.91. The molecule has 0 fully saturated rings. The second-order valence-electron chi connectivity index (χ2n) is 2.69. The van der Waals surface area contributed by atoms with Crippen LogP contribution in [0.2, 0.25) is 0 Å². The smallest absolute Gasteiger partial charge is 0.398 e. The third-order valence-electron chi connectivity index (χ3n) is 1.63. The van der Waals surface area contributed by atoms with E-state index < -0.39 is 11.7 Å². The van der Waals surface area contributed by atoms with Crippen molar-refractivity contribution < 1.29 is 18.0 Å². The van der Waals surface area contributed by atoms with Gasteiger partial charge in [-0.2, -0.15) is 13.2 Å². The highest BCUT2D eigenvalue weighted by Gasteiger charge is 2.32. The Morgan fingerprint density at radius 1 is 1.33 bits per heavy atom. The first-order chi connectivity index (χ1) is 6.95. The van der Waals surface area contributed by atoms with Crippen LogP contribution in [0.5, 0.6) is 0 Å². The van der Waals surface area contributed by atoms with Gasteiger partial charge in [-0.15, -0.1) is 0 Å². The van der Waals surface area contributed by atoms with Gasteiger partial charge in [0.05, 0.1) is 5.56 Å². The summed E-state index contributed by atoms with van der Waals surface area (Å²) in [6.45, 7) is 0. The lowest BCUT2D eigenvalue weighted by atomic mass is 10.1. The number of hydrogen-bond donors (Lipinski definition) is 1. The number of nitrogens with two attached hydrogens (primary N) is 1. The van der Waals surface area contributed by atoms with Gasteiger partial charge in [-0.05, 0) is 24.1 Å². The second-order valence-corrected chi connectivity index (χ2v) is 2.69. The molecule has 5 heteroatoms. The van der Waals surface area contributed by atoms with E-state index >= 15 is 0 Å². The molecule has 0 heterocycles.